The molecule has 0 heterocycles. The summed E-state index contributed by atoms with van der Waals surface area (Å²) in [4.78, 5) is 25.3. The molecule has 194 valence electrons. The van der Waals surface area contributed by atoms with Crippen LogP contribution >= 0.6 is 0 Å². The van der Waals surface area contributed by atoms with Gasteiger partial charge in [0, 0.05) is 0 Å². The van der Waals surface area contributed by atoms with Crippen LogP contribution in [0, 0.1) is 22.7 Å². The van der Waals surface area contributed by atoms with Crippen LogP contribution in [-0.2, 0) is 9.59 Å². The molecular formula is C29H54O4. The Kier molecular flexibility index (Phi) is 14.3. The predicted octanol–water partition coefficient (Wildman–Crippen LogP) is 8.87. The van der Waals surface area contributed by atoms with Crippen LogP contribution in [0.2, 0.25) is 0 Å². The molecule has 1 aliphatic carbocycles. The molecule has 0 aromatic heterocycles. The van der Waals surface area contributed by atoms with E-state index in [9.17, 15) is 19.8 Å². The summed E-state index contributed by atoms with van der Waals surface area (Å²) in [5.41, 5.74) is -2.18. The Bertz CT molecular complexity index is 556. The first-order chi connectivity index (χ1) is 15.7. The van der Waals surface area contributed by atoms with E-state index in [0.29, 0.717) is 31.6 Å². The molecule has 1 fully saturated rings. The van der Waals surface area contributed by atoms with E-state index < -0.39 is 22.8 Å². The van der Waals surface area contributed by atoms with Crippen LogP contribution in [0.3, 0.4) is 0 Å². The van der Waals surface area contributed by atoms with Gasteiger partial charge in [-0.25, -0.2) is 0 Å². The van der Waals surface area contributed by atoms with Gasteiger partial charge in [0.1, 0.15) is 0 Å². The highest BCUT2D eigenvalue weighted by atomic mass is 16.4. The van der Waals surface area contributed by atoms with E-state index in [2.05, 4.69) is 27.7 Å². The summed E-state index contributed by atoms with van der Waals surface area (Å²) in [6.07, 6.45) is 18.5. The van der Waals surface area contributed by atoms with Crippen molar-refractivity contribution in [2.45, 2.75) is 150 Å². The third-order valence-corrected chi connectivity index (χ3v) is 8.21. The smallest absolute Gasteiger partial charge is 0.310 e. The lowest BCUT2D eigenvalue weighted by Crippen LogP contribution is -2.54. The molecular weight excluding hydrogens is 412 g/mol. The van der Waals surface area contributed by atoms with Crippen LogP contribution in [-0.4, -0.2) is 22.2 Å². The van der Waals surface area contributed by atoms with E-state index in [1.165, 1.54) is 44.9 Å². The lowest BCUT2D eigenvalue weighted by Gasteiger charge is -2.49. The lowest BCUT2D eigenvalue weighted by molar-refractivity contribution is -0.182. The number of aliphatic carboxylic acids is 2. The molecule has 0 aliphatic heterocycles. The number of carbonyl (C=O) groups is 2. The van der Waals surface area contributed by atoms with Crippen LogP contribution in [0.15, 0.2) is 0 Å². The topological polar surface area (TPSA) is 74.6 Å². The zero-order valence-electron chi connectivity index (χ0n) is 22.3. The molecule has 2 N–H and O–H groups in total. The Morgan fingerprint density at radius 3 is 1.18 bits per heavy atom. The van der Waals surface area contributed by atoms with E-state index in [1.807, 2.05) is 0 Å². The monoisotopic (exact) mass is 466 g/mol. The maximum atomic E-state index is 12.6. The Balaban J connectivity index is 2.63. The molecule has 4 nitrogen and oxygen atoms in total. The summed E-state index contributed by atoms with van der Waals surface area (Å²) >= 11 is 0. The van der Waals surface area contributed by atoms with Gasteiger partial charge in [-0.05, 0) is 37.5 Å². The second kappa shape index (κ2) is 15.8. The molecule has 0 spiro atoms. The van der Waals surface area contributed by atoms with Gasteiger partial charge >= 0.3 is 11.9 Å². The minimum Gasteiger partial charge on any atom is -0.481 e. The molecule has 0 aromatic rings. The molecule has 1 aliphatic rings. The van der Waals surface area contributed by atoms with Gasteiger partial charge in [0.2, 0.25) is 0 Å². The third-order valence-electron chi connectivity index (χ3n) is 8.21. The minimum atomic E-state index is -1.09. The zero-order chi connectivity index (χ0) is 24.7. The van der Waals surface area contributed by atoms with Crippen molar-refractivity contribution in [2.75, 3.05) is 0 Å². The summed E-state index contributed by atoms with van der Waals surface area (Å²) in [5, 5.41) is 20.7. The average Bonchev–Trinajstić information content (AvgIpc) is 2.75. The Hall–Kier alpha value is -1.06. The van der Waals surface area contributed by atoms with Gasteiger partial charge < -0.3 is 10.2 Å². The Morgan fingerprint density at radius 1 is 0.576 bits per heavy atom. The first-order valence-corrected chi connectivity index (χ1v) is 14.1. The number of carboxylic acid groups (broad SMARTS) is 2. The van der Waals surface area contributed by atoms with Crippen LogP contribution < -0.4 is 0 Å². The molecule has 0 radical (unpaired) electrons. The van der Waals surface area contributed by atoms with Crippen LogP contribution in [0.5, 0.6) is 0 Å². The molecule has 1 saturated carbocycles. The third kappa shape index (κ3) is 9.61. The molecule has 0 amide bonds. The van der Waals surface area contributed by atoms with E-state index in [1.54, 1.807) is 0 Å². The SMILES string of the molecule is CC(C)CCCCCCCCCC1(C(=O)O)CCCCC1(CCCCCCC(C)C)C(=O)O. The fourth-order valence-electron chi connectivity index (χ4n) is 6.09. The maximum Gasteiger partial charge on any atom is 0.310 e. The second-order valence-electron chi connectivity index (χ2n) is 11.7. The van der Waals surface area contributed by atoms with Gasteiger partial charge in [0.15, 0.2) is 0 Å². The van der Waals surface area contributed by atoms with Crippen molar-refractivity contribution in [3.63, 3.8) is 0 Å². The van der Waals surface area contributed by atoms with Gasteiger partial charge in [0.25, 0.3) is 0 Å². The van der Waals surface area contributed by atoms with Crippen LogP contribution in [0.25, 0.3) is 0 Å². The quantitative estimate of drug-likeness (QED) is 0.186. The molecule has 2 unspecified atom stereocenters. The summed E-state index contributed by atoms with van der Waals surface area (Å²) in [5.74, 6) is -0.245. The molecule has 33 heavy (non-hydrogen) atoms. The number of unbranched alkanes of at least 4 members (excludes halogenated alkanes) is 9. The summed E-state index contributed by atoms with van der Waals surface area (Å²) in [6.45, 7) is 9.01. The zero-order valence-corrected chi connectivity index (χ0v) is 22.3. The maximum absolute atomic E-state index is 12.6. The van der Waals surface area contributed by atoms with E-state index in [0.717, 1.165) is 57.3 Å². The fraction of sp³-hybridized carbons (Fsp3) is 0.931. The highest BCUT2D eigenvalue weighted by Gasteiger charge is 2.61. The highest BCUT2D eigenvalue weighted by molar-refractivity contribution is 5.87. The van der Waals surface area contributed by atoms with E-state index >= 15 is 0 Å². The Labute approximate surface area is 204 Å². The van der Waals surface area contributed by atoms with Gasteiger partial charge in [-0.2, -0.15) is 0 Å². The molecule has 1 rings (SSSR count). The predicted molar refractivity (Wildman–Crippen MR) is 138 cm³/mol. The van der Waals surface area contributed by atoms with E-state index in [-0.39, 0.29) is 0 Å². The molecule has 0 aromatic carbocycles. The summed E-state index contributed by atoms with van der Waals surface area (Å²) in [6, 6.07) is 0. The van der Waals surface area contributed by atoms with Crippen molar-refractivity contribution in [3.05, 3.63) is 0 Å². The van der Waals surface area contributed by atoms with Gasteiger partial charge in [0.05, 0.1) is 10.8 Å². The fourth-order valence-corrected chi connectivity index (χ4v) is 6.09. The molecule has 2 atom stereocenters. The summed E-state index contributed by atoms with van der Waals surface area (Å²) in [7, 11) is 0. The lowest BCUT2D eigenvalue weighted by atomic mass is 9.52. The van der Waals surface area contributed by atoms with Crippen LogP contribution in [0.1, 0.15) is 150 Å². The first-order valence-electron chi connectivity index (χ1n) is 14.1. The van der Waals surface area contributed by atoms with Gasteiger partial charge in [-0.3, -0.25) is 9.59 Å². The highest BCUT2D eigenvalue weighted by Crippen LogP contribution is 2.57. The van der Waals surface area contributed by atoms with Crippen LogP contribution in [0.4, 0.5) is 0 Å². The second-order valence-corrected chi connectivity index (χ2v) is 11.7. The van der Waals surface area contributed by atoms with Gasteiger partial charge in [-0.15, -0.1) is 0 Å². The minimum absolute atomic E-state index is 0.520. The van der Waals surface area contributed by atoms with Crippen molar-refractivity contribution < 1.29 is 19.8 Å². The number of rotatable bonds is 19. The van der Waals surface area contributed by atoms with Crippen molar-refractivity contribution in [1.82, 2.24) is 0 Å². The number of hydrogen-bond acceptors (Lipinski definition) is 2. The van der Waals surface area contributed by atoms with E-state index in [4.69, 9.17) is 0 Å². The average molecular weight is 467 g/mol. The van der Waals surface area contributed by atoms with Crippen molar-refractivity contribution >= 4 is 11.9 Å². The number of carboxylic acids is 2. The normalized spacial score (nSPS) is 23.3. The van der Waals surface area contributed by atoms with Crippen molar-refractivity contribution in [3.8, 4) is 0 Å². The summed E-state index contributed by atoms with van der Waals surface area (Å²) < 4.78 is 0. The standard InChI is InChI=1S/C29H54O4/c1-24(2)18-12-8-6-5-7-10-14-20-28(26(30)31)22-16-17-23-29(28,27(32)33)21-15-11-9-13-19-25(3)4/h24-25H,5-23H2,1-4H3,(H,30,31)(H,32,33). The number of hydrogen-bond donors (Lipinski definition) is 2. The van der Waals surface area contributed by atoms with Crippen molar-refractivity contribution in [2.24, 2.45) is 22.7 Å². The molecule has 0 saturated heterocycles. The molecule has 4 heteroatoms. The Morgan fingerprint density at radius 2 is 0.879 bits per heavy atom. The first kappa shape index (κ1) is 30.0. The molecule has 0 bridgehead atoms. The van der Waals surface area contributed by atoms with Gasteiger partial charge in [-0.1, -0.05) is 124 Å². The largest absolute Gasteiger partial charge is 0.481 e. The van der Waals surface area contributed by atoms with Crippen molar-refractivity contribution in [1.29, 1.82) is 0 Å².